The molecule has 0 spiro atoms. The van der Waals surface area contributed by atoms with Crippen LogP contribution in [0.1, 0.15) is 13.8 Å². The van der Waals surface area contributed by atoms with Crippen LogP contribution in [0.2, 0.25) is 0 Å². The molecule has 0 amide bonds. The number of aliphatic hydroxyl groups is 1. The van der Waals surface area contributed by atoms with Crippen LogP contribution in [0.4, 0.5) is 5.13 Å². The highest BCUT2D eigenvalue weighted by atomic mass is 32.2. The highest BCUT2D eigenvalue weighted by molar-refractivity contribution is 8.01. The third kappa shape index (κ3) is 3.11. The van der Waals surface area contributed by atoms with E-state index in [-0.39, 0.29) is 11.4 Å². The van der Waals surface area contributed by atoms with Crippen LogP contribution in [0.5, 0.6) is 0 Å². The summed E-state index contributed by atoms with van der Waals surface area (Å²) in [5, 5.41) is 18.4. The third-order valence-electron chi connectivity index (χ3n) is 1.74. The zero-order valence-electron chi connectivity index (χ0n) is 8.76. The Bertz CT molecular complexity index is 288. The second-order valence-electron chi connectivity index (χ2n) is 3.31. The van der Waals surface area contributed by atoms with Crippen molar-refractivity contribution in [3.63, 3.8) is 0 Å². The maximum Gasteiger partial charge on any atom is 0.208 e. The quantitative estimate of drug-likeness (QED) is 0.798. The van der Waals surface area contributed by atoms with E-state index >= 15 is 0 Å². The van der Waals surface area contributed by atoms with Crippen molar-refractivity contribution in [2.24, 2.45) is 0 Å². The zero-order valence-corrected chi connectivity index (χ0v) is 10.4. The topological polar surface area (TPSA) is 49.3 Å². The molecule has 0 saturated carbocycles. The molecule has 1 N–H and O–H groups in total. The molecule has 4 nitrogen and oxygen atoms in total. The molecule has 0 fully saturated rings. The first-order valence-electron chi connectivity index (χ1n) is 4.36. The summed E-state index contributed by atoms with van der Waals surface area (Å²) in [6, 6.07) is 0. The van der Waals surface area contributed by atoms with Crippen molar-refractivity contribution in [2.75, 3.05) is 19.0 Å². The number of anilines is 1. The van der Waals surface area contributed by atoms with Crippen molar-refractivity contribution >= 4 is 28.2 Å². The molecule has 0 aliphatic carbocycles. The van der Waals surface area contributed by atoms with E-state index in [1.807, 2.05) is 25.9 Å². The highest BCUT2D eigenvalue weighted by Crippen LogP contribution is 2.30. The van der Waals surface area contributed by atoms with Gasteiger partial charge < -0.3 is 10.0 Å². The van der Waals surface area contributed by atoms with Crippen molar-refractivity contribution in [1.29, 1.82) is 0 Å². The normalized spacial score (nSPS) is 15.2. The molecule has 0 aliphatic rings. The first-order valence-corrected chi connectivity index (χ1v) is 6.06. The summed E-state index contributed by atoms with van der Waals surface area (Å²) in [4.78, 5) is 1.93. The van der Waals surface area contributed by atoms with Gasteiger partial charge in [0.15, 0.2) is 4.34 Å². The number of rotatable bonds is 4. The van der Waals surface area contributed by atoms with Crippen LogP contribution in [0.3, 0.4) is 0 Å². The van der Waals surface area contributed by atoms with Gasteiger partial charge in [0.25, 0.3) is 0 Å². The van der Waals surface area contributed by atoms with E-state index in [4.69, 9.17) is 0 Å². The number of hydrogen-bond donors (Lipinski definition) is 1. The molecule has 6 heteroatoms. The molecule has 0 saturated heterocycles. The smallest absolute Gasteiger partial charge is 0.208 e. The molecular formula is C8H15N3OS2. The van der Waals surface area contributed by atoms with Gasteiger partial charge in [-0.1, -0.05) is 30.0 Å². The van der Waals surface area contributed by atoms with Crippen LogP contribution in [0.25, 0.3) is 0 Å². The Kier molecular flexibility index (Phi) is 4.15. The molecule has 2 atom stereocenters. The molecule has 0 aromatic carbocycles. The van der Waals surface area contributed by atoms with Crippen molar-refractivity contribution < 1.29 is 5.11 Å². The molecule has 0 radical (unpaired) electrons. The van der Waals surface area contributed by atoms with Gasteiger partial charge in [-0.2, -0.15) is 0 Å². The lowest BCUT2D eigenvalue weighted by atomic mass is 10.3. The van der Waals surface area contributed by atoms with E-state index in [2.05, 4.69) is 10.2 Å². The summed E-state index contributed by atoms with van der Waals surface area (Å²) in [6.45, 7) is 3.76. The van der Waals surface area contributed by atoms with Gasteiger partial charge in [-0.3, -0.25) is 0 Å². The molecule has 14 heavy (non-hydrogen) atoms. The average Bonchev–Trinajstić information content (AvgIpc) is 2.52. The second kappa shape index (κ2) is 4.95. The standard InChI is InChI=1S/C8H15N3OS2/c1-5(12)6(2)13-8-10-9-7(14-8)11(3)4/h5-6,12H,1-4H3. The molecule has 0 bridgehead atoms. The largest absolute Gasteiger partial charge is 0.392 e. The highest BCUT2D eigenvalue weighted by Gasteiger charge is 2.14. The second-order valence-corrected chi connectivity index (χ2v) is 5.89. The first kappa shape index (κ1) is 11.7. The maximum atomic E-state index is 9.32. The molecule has 0 aliphatic heterocycles. The lowest BCUT2D eigenvalue weighted by Gasteiger charge is -2.10. The Morgan fingerprint density at radius 2 is 2.00 bits per heavy atom. The molecule has 1 aromatic rings. The molecule has 80 valence electrons. The fraction of sp³-hybridized carbons (Fsp3) is 0.750. The lowest BCUT2D eigenvalue weighted by Crippen LogP contribution is -2.14. The van der Waals surface area contributed by atoms with Gasteiger partial charge in [-0.05, 0) is 6.92 Å². The Hall–Kier alpha value is -0.330. The fourth-order valence-electron chi connectivity index (χ4n) is 0.688. The number of thioether (sulfide) groups is 1. The minimum absolute atomic E-state index is 0.151. The molecule has 1 rings (SSSR count). The molecule has 1 aromatic heterocycles. The maximum absolute atomic E-state index is 9.32. The Morgan fingerprint density at radius 1 is 1.36 bits per heavy atom. The Labute approximate surface area is 92.3 Å². The number of hydrogen-bond acceptors (Lipinski definition) is 6. The van der Waals surface area contributed by atoms with E-state index in [9.17, 15) is 5.11 Å². The van der Waals surface area contributed by atoms with Gasteiger partial charge in [-0.25, -0.2) is 0 Å². The first-order chi connectivity index (χ1) is 6.50. The van der Waals surface area contributed by atoms with E-state index in [0.29, 0.717) is 0 Å². The number of nitrogens with zero attached hydrogens (tertiary/aromatic N) is 3. The minimum atomic E-state index is -0.327. The van der Waals surface area contributed by atoms with Gasteiger partial charge in [0.1, 0.15) is 0 Å². The molecule has 1 heterocycles. The third-order valence-corrected chi connectivity index (χ3v) is 4.22. The Balaban J connectivity index is 2.60. The summed E-state index contributed by atoms with van der Waals surface area (Å²) < 4.78 is 0.905. The SMILES string of the molecule is CC(O)C(C)Sc1nnc(N(C)C)s1. The van der Waals surface area contributed by atoms with Gasteiger partial charge in [0.2, 0.25) is 5.13 Å². The minimum Gasteiger partial charge on any atom is -0.392 e. The predicted octanol–water partition coefficient (Wildman–Crippen LogP) is 1.47. The van der Waals surface area contributed by atoms with Crippen LogP contribution in [-0.4, -0.2) is 40.8 Å². The monoisotopic (exact) mass is 233 g/mol. The summed E-state index contributed by atoms with van der Waals surface area (Å²) in [6.07, 6.45) is -0.327. The van der Waals surface area contributed by atoms with E-state index in [0.717, 1.165) is 9.47 Å². The van der Waals surface area contributed by atoms with Crippen molar-refractivity contribution in [2.45, 2.75) is 29.5 Å². The molecular weight excluding hydrogens is 218 g/mol. The fourth-order valence-corrected chi connectivity index (χ4v) is 2.66. The number of aliphatic hydroxyl groups excluding tert-OH is 1. The van der Waals surface area contributed by atoms with Gasteiger partial charge >= 0.3 is 0 Å². The summed E-state index contributed by atoms with van der Waals surface area (Å²) in [7, 11) is 3.88. The van der Waals surface area contributed by atoms with Crippen LogP contribution in [0, 0.1) is 0 Å². The zero-order chi connectivity index (χ0) is 10.7. The van der Waals surface area contributed by atoms with Gasteiger partial charge in [0.05, 0.1) is 6.10 Å². The summed E-state index contributed by atoms with van der Waals surface area (Å²) >= 11 is 3.10. The molecule has 2 unspecified atom stereocenters. The van der Waals surface area contributed by atoms with Gasteiger partial charge in [0, 0.05) is 19.3 Å². The van der Waals surface area contributed by atoms with Crippen LogP contribution >= 0.6 is 23.1 Å². The van der Waals surface area contributed by atoms with Crippen molar-refractivity contribution in [1.82, 2.24) is 10.2 Å². The van der Waals surface area contributed by atoms with E-state index < -0.39 is 0 Å². The Morgan fingerprint density at radius 3 is 2.43 bits per heavy atom. The predicted molar refractivity (Wildman–Crippen MR) is 61.2 cm³/mol. The van der Waals surface area contributed by atoms with Crippen LogP contribution in [-0.2, 0) is 0 Å². The van der Waals surface area contributed by atoms with Crippen LogP contribution in [0.15, 0.2) is 4.34 Å². The summed E-state index contributed by atoms with van der Waals surface area (Å²) in [5.41, 5.74) is 0. The lowest BCUT2D eigenvalue weighted by molar-refractivity contribution is 0.196. The van der Waals surface area contributed by atoms with Crippen molar-refractivity contribution in [3.05, 3.63) is 0 Å². The summed E-state index contributed by atoms with van der Waals surface area (Å²) in [5.74, 6) is 0. The van der Waals surface area contributed by atoms with Gasteiger partial charge in [-0.15, -0.1) is 10.2 Å². The van der Waals surface area contributed by atoms with E-state index in [1.54, 1.807) is 30.0 Å². The van der Waals surface area contributed by atoms with Crippen LogP contribution < -0.4 is 4.90 Å². The van der Waals surface area contributed by atoms with Crippen molar-refractivity contribution in [3.8, 4) is 0 Å². The average molecular weight is 233 g/mol. The number of aromatic nitrogens is 2. The van der Waals surface area contributed by atoms with E-state index in [1.165, 1.54) is 0 Å².